The monoisotopic (exact) mass is 391 g/mol. The van der Waals surface area contributed by atoms with Crippen LogP contribution >= 0.6 is 11.6 Å². The van der Waals surface area contributed by atoms with Gasteiger partial charge in [-0.1, -0.05) is 22.8 Å². The van der Waals surface area contributed by atoms with E-state index in [9.17, 15) is 8.42 Å². The zero-order valence-corrected chi connectivity index (χ0v) is 16.1. The van der Waals surface area contributed by atoms with Gasteiger partial charge in [-0.15, -0.1) is 0 Å². The molecule has 0 atom stereocenters. The SMILES string of the molecule is Cc1noc(C)c1S(=O)(=O)Nc1ccc(Nc2cccc(Cl)c2C)cc1. The number of halogens is 1. The molecule has 26 heavy (non-hydrogen) atoms. The highest BCUT2D eigenvalue weighted by Crippen LogP contribution is 2.27. The molecule has 6 nitrogen and oxygen atoms in total. The van der Waals surface area contributed by atoms with Crippen LogP contribution < -0.4 is 10.0 Å². The molecule has 0 radical (unpaired) electrons. The Kier molecular flexibility index (Phi) is 4.93. The first kappa shape index (κ1) is 18.3. The maximum absolute atomic E-state index is 12.5. The van der Waals surface area contributed by atoms with Crippen molar-refractivity contribution in [2.45, 2.75) is 25.7 Å². The summed E-state index contributed by atoms with van der Waals surface area (Å²) in [7, 11) is -3.76. The van der Waals surface area contributed by atoms with E-state index in [0.717, 1.165) is 16.9 Å². The first-order valence-corrected chi connectivity index (χ1v) is 9.72. The van der Waals surface area contributed by atoms with Crippen LogP contribution in [-0.4, -0.2) is 13.6 Å². The lowest BCUT2D eigenvalue weighted by Gasteiger charge is -2.12. The fourth-order valence-corrected chi connectivity index (χ4v) is 4.15. The highest BCUT2D eigenvalue weighted by Gasteiger charge is 2.24. The van der Waals surface area contributed by atoms with E-state index >= 15 is 0 Å². The van der Waals surface area contributed by atoms with Crippen molar-refractivity contribution in [3.8, 4) is 0 Å². The molecule has 0 unspecified atom stereocenters. The van der Waals surface area contributed by atoms with Crippen molar-refractivity contribution in [1.29, 1.82) is 0 Å². The third-order valence-electron chi connectivity index (χ3n) is 3.92. The Balaban J connectivity index is 1.79. The van der Waals surface area contributed by atoms with Gasteiger partial charge in [-0.25, -0.2) is 8.42 Å². The molecule has 1 aromatic heterocycles. The second-order valence-electron chi connectivity index (χ2n) is 5.87. The molecule has 0 amide bonds. The minimum Gasteiger partial charge on any atom is -0.360 e. The Morgan fingerprint density at radius 1 is 1.00 bits per heavy atom. The van der Waals surface area contributed by atoms with Gasteiger partial charge >= 0.3 is 0 Å². The largest absolute Gasteiger partial charge is 0.360 e. The molecule has 0 aliphatic rings. The van der Waals surface area contributed by atoms with Crippen molar-refractivity contribution in [3.63, 3.8) is 0 Å². The third kappa shape index (κ3) is 3.68. The Labute approximate surface area is 157 Å². The number of sulfonamides is 1. The summed E-state index contributed by atoms with van der Waals surface area (Å²) in [5.74, 6) is 0.254. The second-order valence-corrected chi connectivity index (χ2v) is 7.90. The van der Waals surface area contributed by atoms with Gasteiger partial charge in [-0.05, 0) is 62.7 Å². The van der Waals surface area contributed by atoms with Gasteiger partial charge in [0.05, 0.1) is 0 Å². The average Bonchev–Trinajstić information content (AvgIpc) is 2.93. The Morgan fingerprint density at radius 2 is 1.65 bits per heavy atom. The molecular formula is C18H18ClN3O3S. The lowest BCUT2D eigenvalue weighted by molar-refractivity contribution is 0.390. The van der Waals surface area contributed by atoms with Crippen LogP contribution in [0.15, 0.2) is 51.9 Å². The van der Waals surface area contributed by atoms with Gasteiger partial charge in [-0.2, -0.15) is 0 Å². The third-order valence-corrected chi connectivity index (χ3v) is 5.95. The molecular weight excluding hydrogens is 374 g/mol. The van der Waals surface area contributed by atoms with Gasteiger partial charge in [0, 0.05) is 22.1 Å². The fourth-order valence-electron chi connectivity index (χ4n) is 2.58. The van der Waals surface area contributed by atoms with Gasteiger partial charge in [-0.3, -0.25) is 4.72 Å². The molecule has 1 heterocycles. The number of rotatable bonds is 5. The Morgan fingerprint density at radius 3 is 2.27 bits per heavy atom. The van der Waals surface area contributed by atoms with Gasteiger partial charge < -0.3 is 9.84 Å². The summed E-state index contributed by atoms with van der Waals surface area (Å²) in [5.41, 5.74) is 3.41. The standard InChI is InChI=1S/C18H18ClN3O3S/c1-11-16(19)5-4-6-17(11)20-14-7-9-15(10-8-14)22-26(23,24)18-12(2)21-25-13(18)3/h4-10,20,22H,1-3H3. The molecule has 3 aromatic rings. The van der Waals surface area contributed by atoms with Crippen LogP contribution in [0.4, 0.5) is 17.1 Å². The normalized spacial score (nSPS) is 11.4. The van der Waals surface area contributed by atoms with E-state index in [-0.39, 0.29) is 10.7 Å². The van der Waals surface area contributed by atoms with E-state index in [1.54, 1.807) is 38.1 Å². The number of hydrogen-bond acceptors (Lipinski definition) is 5. The van der Waals surface area contributed by atoms with Crippen LogP contribution in [0.5, 0.6) is 0 Å². The average molecular weight is 392 g/mol. The fraction of sp³-hybridized carbons (Fsp3) is 0.167. The number of nitrogens with one attached hydrogen (secondary N) is 2. The quantitative estimate of drug-likeness (QED) is 0.652. The van der Waals surface area contributed by atoms with Crippen molar-refractivity contribution in [2.24, 2.45) is 0 Å². The van der Waals surface area contributed by atoms with Gasteiger partial charge in [0.15, 0.2) is 10.7 Å². The molecule has 0 saturated carbocycles. The zero-order valence-electron chi connectivity index (χ0n) is 14.5. The summed E-state index contributed by atoms with van der Waals surface area (Å²) >= 11 is 6.12. The molecule has 0 aliphatic heterocycles. The van der Waals surface area contributed by atoms with Crippen molar-refractivity contribution in [3.05, 3.63) is 64.5 Å². The van der Waals surface area contributed by atoms with E-state index in [2.05, 4.69) is 15.2 Å². The van der Waals surface area contributed by atoms with E-state index in [1.165, 1.54) is 0 Å². The highest BCUT2D eigenvalue weighted by molar-refractivity contribution is 7.92. The molecule has 0 saturated heterocycles. The topological polar surface area (TPSA) is 84.2 Å². The number of hydrogen-bond donors (Lipinski definition) is 2. The van der Waals surface area contributed by atoms with Gasteiger partial charge in [0.1, 0.15) is 5.69 Å². The van der Waals surface area contributed by atoms with Crippen LogP contribution in [0.2, 0.25) is 5.02 Å². The molecule has 0 spiro atoms. The first-order valence-electron chi connectivity index (χ1n) is 7.86. The predicted molar refractivity (Wildman–Crippen MR) is 103 cm³/mol. The molecule has 8 heteroatoms. The number of aryl methyl sites for hydroxylation is 2. The predicted octanol–water partition coefficient (Wildman–Crippen LogP) is 4.80. The van der Waals surface area contributed by atoms with E-state index in [1.807, 2.05) is 25.1 Å². The minimum absolute atomic E-state index is 0.0641. The zero-order chi connectivity index (χ0) is 18.9. The van der Waals surface area contributed by atoms with E-state index in [4.69, 9.17) is 16.1 Å². The van der Waals surface area contributed by atoms with E-state index < -0.39 is 10.0 Å². The van der Waals surface area contributed by atoms with Gasteiger partial charge in [0.2, 0.25) is 0 Å². The summed E-state index contributed by atoms with van der Waals surface area (Å²) in [6.45, 7) is 5.08. The molecule has 3 rings (SSSR count). The Hall–Kier alpha value is -2.51. The molecule has 0 aliphatic carbocycles. The van der Waals surface area contributed by atoms with Crippen LogP contribution in [0.25, 0.3) is 0 Å². The first-order chi connectivity index (χ1) is 12.3. The number of benzene rings is 2. The van der Waals surface area contributed by atoms with E-state index in [0.29, 0.717) is 16.4 Å². The number of nitrogens with zero attached hydrogens (tertiary/aromatic N) is 1. The summed E-state index contributed by atoms with van der Waals surface area (Å²) < 4.78 is 32.5. The molecule has 0 fully saturated rings. The lowest BCUT2D eigenvalue weighted by Crippen LogP contribution is -2.14. The molecule has 136 valence electrons. The van der Waals surface area contributed by atoms with Crippen LogP contribution in [0, 0.1) is 20.8 Å². The van der Waals surface area contributed by atoms with Crippen LogP contribution in [0.3, 0.4) is 0 Å². The highest BCUT2D eigenvalue weighted by atomic mass is 35.5. The number of aromatic nitrogens is 1. The maximum Gasteiger partial charge on any atom is 0.267 e. The summed E-state index contributed by atoms with van der Waals surface area (Å²) in [6.07, 6.45) is 0. The van der Waals surface area contributed by atoms with Crippen molar-refractivity contribution < 1.29 is 12.9 Å². The lowest BCUT2D eigenvalue weighted by atomic mass is 10.2. The summed E-state index contributed by atoms with van der Waals surface area (Å²) in [4.78, 5) is 0.0641. The van der Waals surface area contributed by atoms with Gasteiger partial charge in [0.25, 0.3) is 10.0 Å². The maximum atomic E-state index is 12.5. The number of anilines is 3. The summed E-state index contributed by atoms with van der Waals surface area (Å²) in [5, 5.41) is 7.63. The van der Waals surface area contributed by atoms with Crippen molar-refractivity contribution in [2.75, 3.05) is 10.0 Å². The molecule has 0 bridgehead atoms. The smallest absolute Gasteiger partial charge is 0.267 e. The Bertz CT molecular complexity index is 1020. The molecule has 2 N–H and O–H groups in total. The van der Waals surface area contributed by atoms with Crippen LogP contribution in [-0.2, 0) is 10.0 Å². The van der Waals surface area contributed by atoms with Crippen molar-refractivity contribution >= 4 is 38.7 Å². The molecule has 2 aromatic carbocycles. The van der Waals surface area contributed by atoms with Crippen molar-refractivity contribution in [1.82, 2.24) is 5.16 Å². The second kappa shape index (κ2) is 7.01. The minimum atomic E-state index is -3.76. The van der Waals surface area contributed by atoms with Crippen LogP contribution in [0.1, 0.15) is 17.0 Å². The summed E-state index contributed by atoms with van der Waals surface area (Å²) in [6, 6.07) is 12.5.